The summed E-state index contributed by atoms with van der Waals surface area (Å²) in [6, 6.07) is 15.5. The van der Waals surface area contributed by atoms with Crippen LogP contribution >= 0.6 is 0 Å². The van der Waals surface area contributed by atoms with E-state index in [2.05, 4.69) is 25.3 Å². The molecule has 5 rings (SSSR count). The van der Waals surface area contributed by atoms with Crippen LogP contribution in [0, 0.1) is 6.92 Å². The van der Waals surface area contributed by atoms with Crippen LogP contribution in [0.15, 0.2) is 65.4 Å². The number of nitrogens with one attached hydrogen (secondary N) is 1. The summed E-state index contributed by atoms with van der Waals surface area (Å²) in [7, 11) is 0. The van der Waals surface area contributed by atoms with E-state index in [-0.39, 0.29) is 7.33 Å². The fraction of sp³-hybridized carbons (Fsp3) is 0.345. The van der Waals surface area contributed by atoms with Crippen molar-refractivity contribution in [3.8, 4) is 34.0 Å². The molecule has 1 saturated heterocycles. The largest absolute Gasteiger partial charge is 0.379 e. The van der Waals surface area contributed by atoms with Gasteiger partial charge in [0.15, 0.2) is 5.76 Å². The van der Waals surface area contributed by atoms with Gasteiger partial charge in [-0.3, -0.25) is 19.7 Å². The Morgan fingerprint density at radius 2 is 1.84 bits per heavy atom. The Kier molecular flexibility index (Phi) is 7.57. The van der Waals surface area contributed by atoms with Crippen LogP contribution in [0.4, 0.5) is 0 Å². The van der Waals surface area contributed by atoms with Crippen molar-refractivity contribution in [3.05, 3.63) is 72.3 Å². The summed E-state index contributed by atoms with van der Waals surface area (Å²) in [4.78, 5) is 29.3. The minimum absolute atomic E-state index is 0. The maximum Gasteiger partial charge on any atom is 0.231 e. The molecular weight excluding hydrogens is 480 g/mol. The van der Waals surface area contributed by atoms with Crippen LogP contribution in [0.5, 0.6) is 0 Å². The zero-order chi connectivity index (χ0) is 26.5. The number of hydrogen-bond acceptors (Lipinski definition) is 8. The molecule has 38 heavy (non-hydrogen) atoms. The lowest BCUT2D eigenvalue weighted by Gasteiger charge is -2.28. The summed E-state index contributed by atoms with van der Waals surface area (Å²) in [5, 5.41) is 7.29. The molecule has 0 atom stereocenters. The number of morpholine rings is 1. The third-order valence-corrected chi connectivity index (χ3v) is 6.85. The van der Waals surface area contributed by atoms with E-state index in [0.717, 1.165) is 55.4 Å². The molecular formula is C29H34N6O3. The van der Waals surface area contributed by atoms with Crippen LogP contribution < -0.4 is 5.32 Å². The zero-order valence-electron chi connectivity index (χ0n) is 22.0. The van der Waals surface area contributed by atoms with Gasteiger partial charge in [0.05, 0.1) is 41.9 Å². The molecule has 1 amide bonds. The van der Waals surface area contributed by atoms with Gasteiger partial charge in [-0.1, -0.05) is 35.5 Å². The Balaban J connectivity index is 0.00000353. The molecule has 1 aliphatic heterocycles. The highest BCUT2D eigenvalue weighted by Gasteiger charge is 2.31. The monoisotopic (exact) mass is 514 g/mol. The lowest BCUT2D eigenvalue weighted by Crippen LogP contribution is -2.45. The molecule has 1 aliphatic rings. The number of rotatable bonds is 8. The Morgan fingerprint density at radius 1 is 1.05 bits per heavy atom. The minimum Gasteiger partial charge on any atom is -0.379 e. The van der Waals surface area contributed by atoms with Crippen molar-refractivity contribution in [2.45, 2.75) is 26.2 Å². The van der Waals surface area contributed by atoms with Gasteiger partial charge in [-0.25, -0.2) is 4.98 Å². The lowest BCUT2D eigenvalue weighted by molar-refractivity contribution is -0.125. The highest BCUT2D eigenvalue weighted by atomic mass is 16.5. The number of pyridine rings is 1. The van der Waals surface area contributed by atoms with E-state index >= 15 is 0 Å². The summed E-state index contributed by atoms with van der Waals surface area (Å²) in [5.41, 5.74) is 4.38. The van der Waals surface area contributed by atoms with Crippen molar-refractivity contribution in [1.82, 2.24) is 30.3 Å². The number of ether oxygens (including phenoxy) is 1. The molecule has 0 bridgehead atoms. The Labute approximate surface area is 223 Å². The molecule has 0 saturated carbocycles. The van der Waals surface area contributed by atoms with Crippen LogP contribution in [0.2, 0.25) is 0 Å². The highest BCUT2D eigenvalue weighted by Crippen LogP contribution is 2.30. The normalized spacial score (nSPS) is 14.4. The van der Waals surface area contributed by atoms with Gasteiger partial charge in [0.25, 0.3) is 0 Å². The number of aryl methyl sites for hydroxylation is 1. The summed E-state index contributed by atoms with van der Waals surface area (Å²) < 4.78 is 11.0. The summed E-state index contributed by atoms with van der Waals surface area (Å²) in [6.45, 7) is 10.3. The van der Waals surface area contributed by atoms with E-state index in [9.17, 15) is 4.79 Å². The summed E-state index contributed by atoms with van der Waals surface area (Å²) >= 11 is 0. The first-order valence-electron chi connectivity index (χ1n) is 12.8. The lowest BCUT2D eigenvalue weighted by atomic mass is 9.86. The fourth-order valence-electron chi connectivity index (χ4n) is 4.37. The van der Waals surface area contributed by atoms with Gasteiger partial charge >= 0.3 is 0 Å². The first-order valence-corrected chi connectivity index (χ1v) is 12.8. The van der Waals surface area contributed by atoms with E-state index in [4.69, 9.17) is 14.2 Å². The number of benzene rings is 1. The molecule has 4 aromatic rings. The van der Waals surface area contributed by atoms with Crippen molar-refractivity contribution in [1.29, 1.82) is 0 Å². The minimum atomic E-state index is -0.822. The van der Waals surface area contributed by atoms with Gasteiger partial charge in [-0.2, -0.15) is 0 Å². The van der Waals surface area contributed by atoms with Gasteiger partial charge in [-0.15, -0.1) is 0 Å². The molecule has 9 nitrogen and oxygen atoms in total. The second-order valence-corrected chi connectivity index (χ2v) is 9.90. The van der Waals surface area contributed by atoms with Gasteiger partial charge < -0.3 is 14.6 Å². The maximum atomic E-state index is 13.1. The van der Waals surface area contributed by atoms with Crippen LogP contribution in [-0.2, 0) is 14.9 Å². The van der Waals surface area contributed by atoms with Crippen molar-refractivity contribution < 1.29 is 15.5 Å². The van der Waals surface area contributed by atoms with Crippen molar-refractivity contribution in [2.24, 2.45) is 0 Å². The first-order chi connectivity index (χ1) is 18.4. The smallest absolute Gasteiger partial charge is 0.231 e. The number of hydrogen-bond donors (Lipinski definition) is 1. The quantitative estimate of drug-likeness (QED) is 0.374. The van der Waals surface area contributed by atoms with Crippen molar-refractivity contribution in [3.63, 3.8) is 0 Å². The molecule has 198 valence electrons. The summed E-state index contributed by atoms with van der Waals surface area (Å²) in [6.07, 6.45) is 3.43. The van der Waals surface area contributed by atoms with E-state index in [1.165, 1.54) is 0 Å². The number of aromatic nitrogens is 4. The van der Waals surface area contributed by atoms with E-state index in [1.54, 1.807) is 12.4 Å². The van der Waals surface area contributed by atoms with Crippen LogP contribution in [0.25, 0.3) is 34.0 Å². The standard InChI is InChI=1S/C29H32N6O3.H2/c1-20-27(25-18-23(34-38-25)21-7-5-4-6-8-21)33-24(19-32-20)22-9-10-30-26(17-22)29(2,3)28(36)31-11-12-35-13-15-37-16-14-35;/h4-10,17-19H,11-16H2,1-3H3,(H,31,36);1H. The Morgan fingerprint density at radius 3 is 2.63 bits per heavy atom. The molecule has 1 aromatic carbocycles. The predicted molar refractivity (Wildman–Crippen MR) is 146 cm³/mol. The van der Waals surface area contributed by atoms with E-state index < -0.39 is 5.41 Å². The van der Waals surface area contributed by atoms with Gasteiger partial charge in [0, 0.05) is 51.0 Å². The second kappa shape index (κ2) is 11.2. The number of carbonyl (C=O) groups excluding carboxylic acids is 1. The van der Waals surface area contributed by atoms with Crippen LogP contribution in [-0.4, -0.2) is 70.3 Å². The Bertz CT molecular complexity index is 1400. The van der Waals surface area contributed by atoms with Crippen molar-refractivity contribution >= 4 is 5.91 Å². The molecule has 1 N–H and O–H groups in total. The zero-order valence-corrected chi connectivity index (χ0v) is 22.0. The average Bonchev–Trinajstić information content (AvgIpc) is 3.44. The number of carbonyl (C=O) groups is 1. The van der Waals surface area contributed by atoms with E-state index in [0.29, 0.717) is 29.4 Å². The van der Waals surface area contributed by atoms with Gasteiger partial charge in [0.2, 0.25) is 5.91 Å². The van der Waals surface area contributed by atoms with Crippen molar-refractivity contribution in [2.75, 3.05) is 39.4 Å². The Hall–Kier alpha value is -3.95. The maximum absolute atomic E-state index is 13.1. The molecule has 0 radical (unpaired) electrons. The van der Waals surface area contributed by atoms with Gasteiger partial charge in [-0.05, 0) is 32.9 Å². The molecule has 1 fully saturated rings. The second-order valence-electron chi connectivity index (χ2n) is 9.90. The highest BCUT2D eigenvalue weighted by molar-refractivity contribution is 5.87. The molecule has 0 spiro atoms. The predicted octanol–water partition coefficient (Wildman–Crippen LogP) is 4.14. The third kappa shape index (κ3) is 5.64. The SMILES string of the molecule is Cc1ncc(-c2ccnc(C(C)(C)C(=O)NCCN3CCOCC3)c2)nc1-c1cc(-c2ccccc2)no1.[HH]. The topological polar surface area (TPSA) is 106 Å². The molecule has 3 aromatic heterocycles. The molecule has 0 aliphatic carbocycles. The van der Waals surface area contributed by atoms with Crippen LogP contribution in [0.1, 0.15) is 26.7 Å². The van der Waals surface area contributed by atoms with E-state index in [1.807, 2.05) is 69.3 Å². The first kappa shape index (κ1) is 25.7. The molecule has 0 unspecified atom stereocenters. The average molecular weight is 515 g/mol. The summed E-state index contributed by atoms with van der Waals surface area (Å²) in [5.74, 6) is 0.478. The van der Waals surface area contributed by atoms with Gasteiger partial charge in [0.1, 0.15) is 11.4 Å². The third-order valence-electron chi connectivity index (χ3n) is 6.85. The molecule has 4 heterocycles. The number of amides is 1. The van der Waals surface area contributed by atoms with Crippen LogP contribution in [0.3, 0.4) is 0 Å². The fourth-order valence-corrected chi connectivity index (χ4v) is 4.37. The number of nitrogens with zero attached hydrogens (tertiary/aromatic N) is 5. The molecule has 9 heteroatoms.